The van der Waals surface area contributed by atoms with Crippen LogP contribution in [-0.2, 0) is 30.7 Å². The van der Waals surface area contributed by atoms with Crippen molar-refractivity contribution in [1.82, 2.24) is 0 Å². The molecule has 0 amide bonds. The second-order valence-corrected chi connectivity index (χ2v) is 10.1. The van der Waals surface area contributed by atoms with Gasteiger partial charge in [0.15, 0.2) is 0 Å². The van der Waals surface area contributed by atoms with E-state index in [1.54, 1.807) is 0 Å². The fourth-order valence-corrected chi connectivity index (χ4v) is 4.31. The first-order valence-corrected chi connectivity index (χ1v) is 13.0. The quantitative estimate of drug-likeness (QED) is 0.322. The molecule has 0 aromatic heterocycles. The number of allylic oxidation sites excluding steroid dienone is 4. The number of rotatable bonds is 3. The third kappa shape index (κ3) is 8.81. The number of hydrogen-bond donors (Lipinski definition) is 0. The summed E-state index contributed by atoms with van der Waals surface area (Å²) in [7, 11) is 0. The molecule has 36 heavy (non-hydrogen) atoms. The summed E-state index contributed by atoms with van der Waals surface area (Å²) in [6.07, 6.45) is 13.2. The van der Waals surface area contributed by atoms with E-state index < -0.39 is 0 Å². The molecule has 3 aromatic rings. The van der Waals surface area contributed by atoms with E-state index in [9.17, 15) is 0 Å². The summed E-state index contributed by atoms with van der Waals surface area (Å²) in [4.78, 5) is 0. The Morgan fingerprint density at radius 3 is 2.03 bits per heavy atom. The van der Waals surface area contributed by atoms with Gasteiger partial charge in [-0.1, -0.05) is 68.2 Å². The van der Waals surface area contributed by atoms with Crippen molar-refractivity contribution >= 4 is 15.9 Å². The first-order chi connectivity index (χ1) is 16.4. The van der Waals surface area contributed by atoms with Gasteiger partial charge in [0.25, 0.3) is 0 Å². The van der Waals surface area contributed by atoms with Crippen molar-refractivity contribution in [3.8, 4) is 11.1 Å². The summed E-state index contributed by atoms with van der Waals surface area (Å²) in [5.74, 6) is 0. The number of hydrogen-bond acceptors (Lipinski definition) is 0. The van der Waals surface area contributed by atoms with Gasteiger partial charge in [0, 0.05) is 0 Å². The van der Waals surface area contributed by atoms with Crippen molar-refractivity contribution in [1.29, 1.82) is 0 Å². The second-order valence-electron chi connectivity index (χ2n) is 9.34. The number of benzene rings is 3. The summed E-state index contributed by atoms with van der Waals surface area (Å²) in [6.45, 7) is 14.3. The molecule has 0 nitrogen and oxygen atoms in total. The van der Waals surface area contributed by atoms with Crippen molar-refractivity contribution < 1.29 is 49.0 Å². The van der Waals surface area contributed by atoms with Crippen LogP contribution in [0.4, 0.5) is 0 Å². The van der Waals surface area contributed by atoms with Crippen LogP contribution in [0.3, 0.4) is 0 Å². The van der Waals surface area contributed by atoms with E-state index in [1.165, 1.54) is 63.2 Å². The van der Waals surface area contributed by atoms with Crippen molar-refractivity contribution in [2.75, 3.05) is 0 Å². The Kier molecular flexibility index (Phi) is 13.6. The maximum atomic E-state index is 3.82. The third-order valence-corrected chi connectivity index (χ3v) is 6.66. The van der Waals surface area contributed by atoms with E-state index in [-0.39, 0.29) is 24.8 Å². The summed E-state index contributed by atoms with van der Waals surface area (Å²) in [5.41, 5.74) is 10.6. The van der Waals surface area contributed by atoms with Gasteiger partial charge in [0.1, 0.15) is 0 Å². The zero-order valence-corrected chi connectivity index (χ0v) is 25.2. The molecule has 0 aliphatic heterocycles. The Labute approximate surface area is 245 Å². The van der Waals surface area contributed by atoms with Crippen LogP contribution in [-0.4, -0.2) is 3.71 Å². The molecule has 0 atom stereocenters. The fraction of sp³-hybridized carbons (Fsp3) is 0.182. The molecule has 0 bridgehead atoms. The molecule has 0 radical (unpaired) electrons. The maximum absolute atomic E-state index is 3.82. The minimum absolute atomic E-state index is 0. The minimum atomic E-state index is 0. The van der Waals surface area contributed by atoms with E-state index in [0.29, 0.717) is 5.41 Å². The Bertz CT molecular complexity index is 1170. The van der Waals surface area contributed by atoms with Crippen molar-refractivity contribution in [3.05, 3.63) is 132 Å². The third-order valence-electron chi connectivity index (χ3n) is 5.84. The van der Waals surface area contributed by atoms with Crippen molar-refractivity contribution in [2.24, 2.45) is 5.41 Å². The topological polar surface area (TPSA) is 0 Å². The summed E-state index contributed by atoms with van der Waals surface area (Å²) >= 11 is 1.46. The van der Waals surface area contributed by atoms with Gasteiger partial charge in [-0.05, 0) is 12.0 Å². The molecule has 0 saturated heterocycles. The first-order valence-electron chi connectivity index (χ1n) is 11.6. The molecule has 2 aliphatic carbocycles. The van der Waals surface area contributed by atoms with Gasteiger partial charge in [-0.15, -0.1) is 30.2 Å². The zero-order chi connectivity index (χ0) is 24.6. The molecule has 184 valence electrons. The van der Waals surface area contributed by atoms with Crippen LogP contribution < -0.4 is 24.8 Å². The number of fused-ring (bicyclic) bond motifs is 3. The van der Waals surface area contributed by atoms with Crippen LogP contribution in [0.1, 0.15) is 55.0 Å². The fourth-order valence-electron chi connectivity index (χ4n) is 3.83. The van der Waals surface area contributed by atoms with Crippen LogP contribution in [0.5, 0.6) is 0 Å². The van der Waals surface area contributed by atoms with Gasteiger partial charge in [0.05, 0.1) is 0 Å². The SMILES string of the molecule is C=Cc1c[c-]c2c(c1)-c1cc(C=C)ccc1C2.CC(C)(C)C1=CC[C-]=C1.[Cl-].[Cl-].[Zr+2]=[CH]c1ccccc1. The van der Waals surface area contributed by atoms with E-state index >= 15 is 0 Å². The van der Waals surface area contributed by atoms with Gasteiger partial charge in [0.2, 0.25) is 0 Å². The second kappa shape index (κ2) is 15.3. The molecule has 0 spiro atoms. The molecular weight excluding hydrogens is 558 g/mol. The molecule has 0 heterocycles. The summed E-state index contributed by atoms with van der Waals surface area (Å²) in [6, 6.07) is 24.4. The van der Waals surface area contributed by atoms with Crippen LogP contribution in [0, 0.1) is 17.6 Å². The van der Waals surface area contributed by atoms with Gasteiger partial charge in [-0.2, -0.15) is 35.4 Å². The van der Waals surface area contributed by atoms with Gasteiger partial charge < -0.3 is 24.8 Å². The van der Waals surface area contributed by atoms with Crippen LogP contribution >= 0.6 is 0 Å². The van der Waals surface area contributed by atoms with E-state index in [2.05, 4.69) is 110 Å². The van der Waals surface area contributed by atoms with E-state index in [4.69, 9.17) is 0 Å². The molecule has 0 fully saturated rings. The first kappa shape index (κ1) is 32.0. The summed E-state index contributed by atoms with van der Waals surface area (Å²) in [5, 5.41) is 0. The normalized spacial score (nSPS) is 12.1. The molecule has 0 saturated carbocycles. The van der Waals surface area contributed by atoms with E-state index in [1.807, 2.05) is 24.3 Å². The average Bonchev–Trinajstić information content (AvgIpc) is 3.53. The standard InChI is InChI=1S/C17H13.C9H13.C7H6.2ClH.Zr/c1-3-12-5-7-14-11-15-8-6-13(4-2)10-17(15)16(14)9-12;1-9(2,3)8-6-4-5-7-8;1-7-5-3-2-4-6-7;;;/h3-7,9-10H,1-2,11H2;6-7H,4H2,1-3H3;1-6H;2*1H;/q2*-1;;;;+2/p-2. The number of halogens is 2. The molecule has 5 rings (SSSR count). The van der Waals surface area contributed by atoms with Crippen LogP contribution in [0.25, 0.3) is 23.3 Å². The van der Waals surface area contributed by atoms with Crippen LogP contribution in [0.15, 0.2) is 91.5 Å². The molecule has 2 aliphatic rings. The van der Waals surface area contributed by atoms with Gasteiger partial charge in [-0.3, -0.25) is 6.08 Å². The van der Waals surface area contributed by atoms with Crippen molar-refractivity contribution in [3.63, 3.8) is 0 Å². The molecule has 0 unspecified atom stereocenters. The molecule has 3 heteroatoms. The van der Waals surface area contributed by atoms with E-state index in [0.717, 1.165) is 18.4 Å². The predicted molar refractivity (Wildman–Crippen MR) is 145 cm³/mol. The zero-order valence-electron chi connectivity index (χ0n) is 21.2. The Morgan fingerprint density at radius 2 is 1.53 bits per heavy atom. The Hall–Kier alpha value is -2.05. The average molecular weight is 591 g/mol. The van der Waals surface area contributed by atoms with Gasteiger partial charge in [-0.25, -0.2) is 6.08 Å². The summed E-state index contributed by atoms with van der Waals surface area (Å²) < 4.78 is 2.17. The van der Waals surface area contributed by atoms with Crippen LogP contribution in [0.2, 0.25) is 0 Å². The molecular formula is C33H32Cl2Zr-2. The monoisotopic (exact) mass is 588 g/mol. The van der Waals surface area contributed by atoms with Gasteiger partial charge >= 0.3 is 63.8 Å². The molecule has 0 N–H and O–H groups in total. The molecule has 3 aromatic carbocycles. The Balaban J connectivity index is 0.000000291. The predicted octanol–water partition coefficient (Wildman–Crippen LogP) is 2.46. The Morgan fingerprint density at radius 1 is 0.861 bits per heavy atom. The van der Waals surface area contributed by atoms with Crippen molar-refractivity contribution in [2.45, 2.75) is 33.6 Å².